The van der Waals surface area contributed by atoms with E-state index in [0.29, 0.717) is 18.4 Å². The Bertz CT molecular complexity index is 838. The maximum absolute atomic E-state index is 9.47. The van der Waals surface area contributed by atoms with Crippen LogP contribution in [-0.4, -0.2) is 62.9 Å². The molecule has 2 aliphatic carbocycles. The molecule has 1 saturated heterocycles. The van der Waals surface area contributed by atoms with Crippen molar-refractivity contribution in [3.63, 3.8) is 0 Å². The SMILES string of the molecule is COCc1cn([C@@H]2C[C@@H]3CN(Cc4ccc(O)cn4)C[C@@H]3C[C@H]2OCC2CC2)nn1. The van der Waals surface area contributed by atoms with Gasteiger partial charge in [0.2, 0.25) is 0 Å². The van der Waals surface area contributed by atoms with Crippen LogP contribution >= 0.6 is 0 Å². The van der Waals surface area contributed by atoms with Gasteiger partial charge < -0.3 is 14.6 Å². The number of methoxy groups -OCH3 is 1. The van der Waals surface area contributed by atoms with Crippen LogP contribution in [0, 0.1) is 17.8 Å². The lowest BCUT2D eigenvalue weighted by Gasteiger charge is -2.37. The van der Waals surface area contributed by atoms with E-state index in [2.05, 4.69) is 20.2 Å². The first-order chi connectivity index (χ1) is 14.7. The highest BCUT2D eigenvalue weighted by Crippen LogP contribution is 2.43. The van der Waals surface area contributed by atoms with E-state index in [0.717, 1.165) is 56.4 Å². The maximum Gasteiger partial charge on any atom is 0.133 e. The van der Waals surface area contributed by atoms with Gasteiger partial charge in [-0.15, -0.1) is 5.10 Å². The van der Waals surface area contributed by atoms with Gasteiger partial charge in [0.15, 0.2) is 0 Å². The molecule has 1 aliphatic heterocycles. The zero-order valence-electron chi connectivity index (χ0n) is 17.6. The summed E-state index contributed by atoms with van der Waals surface area (Å²) < 4.78 is 13.7. The summed E-state index contributed by atoms with van der Waals surface area (Å²) in [6.45, 7) is 4.33. The van der Waals surface area contributed by atoms with Crippen LogP contribution in [0.25, 0.3) is 0 Å². The summed E-state index contributed by atoms with van der Waals surface area (Å²) in [6, 6.07) is 3.86. The Balaban J connectivity index is 1.27. The molecule has 2 saturated carbocycles. The van der Waals surface area contributed by atoms with Gasteiger partial charge in [-0.25, -0.2) is 4.68 Å². The molecule has 0 aromatic carbocycles. The fourth-order valence-corrected chi connectivity index (χ4v) is 5.05. The van der Waals surface area contributed by atoms with Gasteiger partial charge >= 0.3 is 0 Å². The number of ether oxygens (including phenoxy) is 2. The smallest absolute Gasteiger partial charge is 0.133 e. The van der Waals surface area contributed by atoms with Gasteiger partial charge in [-0.3, -0.25) is 9.88 Å². The standard InChI is InChI=1S/C22H31N5O3/c1-29-14-19-12-27(25-24-19)21-6-16-9-26(11-18-4-5-20(28)8-23-18)10-17(16)7-22(21)30-13-15-2-3-15/h4-5,8,12,15-17,21-22,28H,2-3,6-7,9-11,13-14H2,1H3/t16-,17+,21-,22-/m1/s1. The molecule has 0 radical (unpaired) electrons. The third-order valence-electron chi connectivity index (χ3n) is 6.79. The Morgan fingerprint density at radius 3 is 2.70 bits per heavy atom. The number of hydrogen-bond donors (Lipinski definition) is 1. The van der Waals surface area contributed by atoms with Crippen LogP contribution in [0.3, 0.4) is 0 Å². The number of hydrogen-bond acceptors (Lipinski definition) is 7. The molecule has 4 atom stereocenters. The summed E-state index contributed by atoms with van der Waals surface area (Å²) in [5.41, 5.74) is 1.87. The molecule has 8 nitrogen and oxygen atoms in total. The monoisotopic (exact) mass is 413 g/mol. The summed E-state index contributed by atoms with van der Waals surface area (Å²) in [5.74, 6) is 2.24. The van der Waals surface area contributed by atoms with Crippen LogP contribution in [0.15, 0.2) is 24.5 Å². The van der Waals surface area contributed by atoms with E-state index in [-0.39, 0.29) is 17.9 Å². The molecule has 0 spiro atoms. The second-order valence-electron chi connectivity index (χ2n) is 9.20. The zero-order valence-corrected chi connectivity index (χ0v) is 17.6. The number of aromatic hydroxyl groups is 1. The fourth-order valence-electron chi connectivity index (χ4n) is 5.05. The van der Waals surface area contributed by atoms with Crippen LogP contribution in [0.2, 0.25) is 0 Å². The third-order valence-corrected chi connectivity index (χ3v) is 6.79. The van der Waals surface area contributed by atoms with Gasteiger partial charge in [-0.05, 0) is 55.6 Å². The highest BCUT2D eigenvalue weighted by molar-refractivity contribution is 5.18. The molecular weight excluding hydrogens is 382 g/mol. The van der Waals surface area contributed by atoms with Gasteiger partial charge in [-0.2, -0.15) is 0 Å². The van der Waals surface area contributed by atoms with E-state index >= 15 is 0 Å². The number of likely N-dealkylation sites (tertiary alicyclic amines) is 1. The number of fused-ring (bicyclic) bond motifs is 1. The van der Waals surface area contributed by atoms with Crippen LogP contribution in [0.4, 0.5) is 0 Å². The molecule has 3 aliphatic rings. The minimum absolute atomic E-state index is 0.190. The number of aromatic nitrogens is 4. The molecule has 1 N–H and O–H groups in total. The van der Waals surface area contributed by atoms with E-state index in [1.165, 1.54) is 19.0 Å². The average Bonchev–Trinajstić information content (AvgIpc) is 3.31. The molecule has 162 valence electrons. The molecule has 3 heterocycles. The third kappa shape index (κ3) is 4.50. The predicted molar refractivity (Wildman–Crippen MR) is 110 cm³/mol. The lowest BCUT2D eigenvalue weighted by molar-refractivity contribution is -0.0376. The summed E-state index contributed by atoms with van der Waals surface area (Å²) in [5, 5.41) is 18.2. The van der Waals surface area contributed by atoms with Crippen molar-refractivity contribution in [1.82, 2.24) is 24.9 Å². The highest BCUT2D eigenvalue weighted by atomic mass is 16.5. The van der Waals surface area contributed by atoms with E-state index in [9.17, 15) is 5.11 Å². The molecule has 5 rings (SSSR count). The van der Waals surface area contributed by atoms with E-state index < -0.39 is 0 Å². The van der Waals surface area contributed by atoms with Crippen LogP contribution in [0.5, 0.6) is 5.75 Å². The van der Waals surface area contributed by atoms with Crippen LogP contribution in [-0.2, 0) is 22.6 Å². The Labute approximate surface area is 177 Å². The van der Waals surface area contributed by atoms with Gasteiger partial charge in [0.1, 0.15) is 11.4 Å². The molecule has 8 heteroatoms. The number of pyridine rings is 1. The average molecular weight is 414 g/mol. The Kier molecular flexibility index (Phi) is 5.71. The topological polar surface area (TPSA) is 85.5 Å². The second kappa shape index (κ2) is 8.61. The van der Waals surface area contributed by atoms with Gasteiger partial charge in [-0.1, -0.05) is 5.21 Å². The van der Waals surface area contributed by atoms with Crippen molar-refractivity contribution in [3.8, 4) is 5.75 Å². The van der Waals surface area contributed by atoms with Gasteiger partial charge in [0.25, 0.3) is 0 Å². The minimum atomic E-state index is 0.190. The van der Waals surface area contributed by atoms with Crippen LogP contribution in [0.1, 0.15) is 43.1 Å². The summed E-state index contributed by atoms with van der Waals surface area (Å²) in [7, 11) is 1.68. The Hall–Kier alpha value is -2.03. The first-order valence-corrected chi connectivity index (χ1v) is 11.1. The highest BCUT2D eigenvalue weighted by Gasteiger charge is 2.44. The van der Waals surface area contributed by atoms with E-state index in [1.54, 1.807) is 13.2 Å². The van der Waals surface area contributed by atoms with Gasteiger partial charge in [0, 0.05) is 33.4 Å². The Morgan fingerprint density at radius 1 is 1.13 bits per heavy atom. The summed E-state index contributed by atoms with van der Waals surface area (Å²) in [6.07, 6.45) is 8.48. The van der Waals surface area contributed by atoms with E-state index in [4.69, 9.17) is 9.47 Å². The van der Waals surface area contributed by atoms with Crippen molar-refractivity contribution in [2.45, 2.75) is 51.0 Å². The minimum Gasteiger partial charge on any atom is -0.506 e. The van der Waals surface area contributed by atoms with Crippen molar-refractivity contribution in [3.05, 3.63) is 35.9 Å². The predicted octanol–water partition coefficient (Wildman–Crippen LogP) is 2.40. The van der Waals surface area contributed by atoms with Crippen molar-refractivity contribution in [1.29, 1.82) is 0 Å². The second-order valence-corrected chi connectivity index (χ2v) is 9.20. The van der Waals surface area contributed by atoms with Crippen molar-refractivity contribution in [2.24, 2.45) is 17.8 Å². The molecule has 0 bridgehead atoms. The molecule has 30 heavy (non-hydrogen) atoms. The van der Waals surface area contributed by atoms with Gasteiger partial charge in [0.05, 0.1) is 36.8 Å². The largest absolute Gasteiger partial charge is 0.506 e. The lowest BCUT2D eigenvalue weighted by atomic mass is 9.77. The fraction of sp³-hybridized carbons (Fsp3) is 0.682. The molecule has 0 unspecified atom stereocenters. The van der Waals surface area contributed by atoms with Crippen molar-refractivity contribution < 1.29 is 14.6 Å². The molecular formula is C22H31N5O3. The molecule has 2 aromatic heterocycles. The lowest BCUT2D eigenvalue weighted by Crippen LogP contribution is -2.38. The van der Waals surface area contributed by atoms with Crippen LogP contribution < -0.4 is 0 Å². The number of rotatable bonds is 8. The van der Waals surface area contributed by atoms with E-state index in [1.807, 2.05) is 16.9 Å². The molecule has 0 amide bonds. The van der Waals surface area contributed by atoms with Crippen molar-refractivity contribution >= 4 is 0 Å². The zero-order chi connectivity index (χ0) is 20.5. The maximum atomic E-state index is 9.47. The summed E-state index contributed by atoms with van der Waals surface area (Å²) in [4.78, 5) is 6.85. The number of nitrogens with zero attached hydrogens (tertiary/aromatic N) is 5. The molecule has 2 aromatic rings. The normalized spacial score (nSPS) is 29.2. The Morgan fingerprint density at radius 2 is 1.97 bits per heavy atom. The first kappa shape index (κ1) is 19.9. The molecule has 3 fully saturated rings. The first-order valence-electron chi connectivity index (χ1n) is 11.1. The quantitative estimate of drug-likeness (QED) is 0.711. The summed E-state index contributed by atoms with van der Waals surface area (Å²) >= 11 is 0. The van der Waals surface area contributed by atoms with Crippen molar-refractivity contribution in [2.75, 3.05) is 26.8 Å².